The van der Waals surface area contributed by atoms with Crippen LogP contribution in [0, 0.1) is 27.2 Å². The molecule has 0 fully saturated rings. The van der Waals surface area contributed by atoms with Crippen LogP contribution in [0.5, 0.6) is 0 Å². The largest absolute Gasteiger partial charge is 0.418 e. The molecule has 8 nitrogen and oxygen atoms in total. The van der Waals surface area contributed by atoms with Gasteiger partial charge in [-0.05, 0) is 40.5 Å². The van der Waals surface area contributed by atoms with Gasteiger partial charge in [0.05, 0.1) is 25.9 Å². The highest BCUT2D eigenvalue weighted by Gasteiger charge is 2.40. The molecule has 1 heterocycles. The van der Waals surface area contributed by atoms with Crippen molar-refractivity contribution in [2.75, 3.05) is 5.32 Å². The maximum Gasteiger partial charge on any atom is 0.418 e. The second-order valence-corrected chi connectivity index (χ2v) is 7.63. The minimum Gasteiger partial charge on any atom is -0.339 e. The fourth-order valence-electron chi connectivity index (χ4n) is 2.66. The third kappa shape index (κ3) is 4.26. The van der Waals surface area contributed by atoms with Crippen molar-refractivity contribution < 1.29 is 23.0 Å². The minimum atomic E-state index is -5.07. The number of non-ortho nitro benzene ring substituents is 1. The molecule has 0 radical (unpaired) electrons. The van der Waals surface area contributed by atoms with E-state index in [1.165, 1.54) is 0 Å². The van der Waals surface area contributed by atoms with Crippen molar-refractivity contribution in [2.24, 2.45) is 0 Å². The molecule has 13 heteroatoms. The quantitative estimate of drug-likeness (QED) is 0.316. The first-order chi connectivity index (χ1) is 14.0. The standard InChI is InChI=1S/C17H10BrF3N4O4S/c1-8-3-2-4-9(5-8)14-13(18)16(30-23-14)22-15-11(17(19,20)21)6-10(24(26)27)7-12(15)25(28)29/h2-7,22H,1H3. The molecule has 156 valence electrons. The summed E-state index contributed by atoms with van der Waals surface area (Å²) in [6.07, 6.45) is -5.07. The number of nitro benzene ring substituents is 2. The lowest BCUT2D eigenvalue weighted by atomic mass is 10.1. The molecule has 3 aromatic rings. The zero-order valence-corrected chi connectivity index (χ0v) is 17.3. The fraction of sp³-hybridized carbons (Fsp3) is 0.118. The highest BCUT2D eigenvalue weighted by molar-refractivity contribution is 9.10. The number of nitrogens with zero attached hydrogens (tertiary/aromatic N) is 3. The molecule has 0 unspecified atom stereocenters. The summed E-state index contributed by atoms with van der Waals surface area (Å²) in [7, 11) is 0. The molecule has 0 aliphatic carbocycles. The number of halogens is 4. The first-order valence-electron chi connectivity index (χ1n) is 8.02. The Balaban J connectivity index is 2.15. The molecule has 0 amide bonds. The average Bonchev–Trinajstić information content (AvgIpc) is 3.01. The number of nitrogens with one attached hydrogen (secondary N) is 1. The zero-order chi connectivity index (χ0) is 22.2. The van der Waals surface area contributed by atoms with Crippen molar-refractivity contribution in [3.05, 3.63) is 72.2 Å². The van der Waals surface area contributed by atoms with Crippen LogP contribution in [0.2, 0.25) is 0 Å². The van der Waals surface area contributed by atoms with E-state index in [0.29, 0.717) is 21.8 Å². The topological polar surface area (TPSA) is 111 Å². The predicted molar refractivity (Wildman–Crippen MR) is 108 cm³/mol. The van der Waals surface area contributed by atoms with E-state index in [1.54, 1.807) is 12.1 Å². The maximum absolute atomic E-state index is 13.5. The van der Waals surface area contributed by atoms with E-state index in [9.17, 15) is 33.4 Å². The third-order valence-corrected chi connectivity index (χ3v) is 5.78. The molecule has 1 N–H and O–H groups in total. The van der Waals surface area contributed by atoms with Crippen LogP contribution in [0.1, 0.15) is 11.1 Å². The highest BCUT2D eigenvalue weighted by atomic mass is 79.9. The second kappa shape index (κ2) is 7.99. The zero-order valence-electron chi connectivity index (χ0n) is 14.9. The maximum atomic E-state index is 13.5. The number of rotatable bonds is 5. The van der Waals surface area contributed by atoms with E-state index >= 15 is 0 Å². The molecule has 3 rings (SSSR count). The number of anilines is 2. The molecule has 0 spiro atoms. The van der Waals surface area contributed by atoms with E-state index in [1.807, 2.05) is 19.1 Å². The lowest BCUT2D eigenvalue weighted by molar-refractivity contribution is -0.394. The molecule has 0 atom stereocenters. The monoisotopic (exact) mass is 502 g/mol. The molecule has 0 bridgehead atoms. The van der Waals surface area contributed by atoms with Crippen molar-refractivity contribution in [1.82, 2.24) is 4.37 Å². The lowest BCUT2D eigenvalue weighted by Crippen LogP contribution is -2.11. The summed E-state index contributed by atoms with van der Waals surface area (Å²) in [5.74, 6) is 0. The average molecular weight is 503 g/mol. The summed E-state index contributed by atoms with van der Waals surface area (Å²) >= 11 is 4.06. The number of alkyl halides is 3. The van der Waals surface area contributed by atoms with Crippen molar-refractivity contribution in [3.8, 4) is 11.3 Å². The molecule has 0 saturated carbocycles. The van der Waals surface area contributed by atoms with Crippen molar-refractivity contribution in [2.45, 2.75) is 13.1 Å². The molecule has 0 saturated heterocycles. The van der Waals surface area contributed by atoms with E-state index in [4.69, 9.17) is 0 Å². The van der Waals surface area contributed by atoms with E-state index in [0.717, 1.165) is 17.1 Å². The van der Waals surface area contributed by atoms with Gasteiger partial charge in [0.1, 0.15) is 16.4 Å². The number of nitro groups is 2. The molecule has 1 aromatic heterocycles. The summed E-state index contributed by atoms with van der Waals surface area (Å²) in [6.45, 7) is 1.86. The summed E-state index contributed by atoms with van der Waals surface area (Å²) < 4.78 is 45.1. The predicted octanol–water partition coefficient (Wildman–Crippen LogP) is 6.46. The summed E-state index contributed by atoms with van der Waals surface area (Å²) in [6, 6.07) is 7.95. The van der Waals surface area contributed by atoms with Gasteiger partial charge in [0, 0.05) is 11.6 Å². The molecule has 30 heavy (non-hydrogen) atoms. The smallest absolute Gasteiger partial charge is 0.339 e. The molecular weight excluding hydrogens is 493 g/mol. The van der Waals surface area contributed by atoms with Crippen LogP contribution in [-0.2, 0) is 6.18 Å². The second-order valence-electron chi connectivity index (χ2n) is 6.07. The Kier molecular flexibility index (Phi) is 5.76. The van der Waals surface area contributed by atoms with Crippen molar-refractivity contribution >= 4 is 49.5 Å². The normalized spacial score (nSPS) is 11.4. The molecular formula is C17H10BrF3N4O4S. The Morgan fingerprint density at radius 2 is 1.83 bits per heavy atom. The van der Waals surface area contributed by atoms with Gasteiger partial charge in [0.15, 0.2) is 0 Å². The van der Waals surface area contributed by atoms with E-state index < -0.39 is 38.6 Å². The summed E-state index contributed by atoms with van der Waals surface area (Å²) in [5.41, 5.74) is -2.48. The summed E-state index contributed by atoms with van der Waals surface area (Å²) in [5, 5.41) is 24.8. The van der Waals surface area contributed by atoms with Gasteiger partial charge in [-0.15, -0.1) is 0 Å². The van der Waals surface area contributed by atoms with Gasteiger partial charge >= 0.3 is 6.18 Å². The van der Waals surface area contributed by atoms with E-state index in [-0.39, 0.29) is 11.1 Å². The Labute approximate surface area is 178 Å². The van der Waals surface area contributed by atoms with Gasteiger partial charge in [0.25, 0.3) is 11.4 Å². The highest BCUT2D eigenvalue weighted by Crippen LogP contribution is 2.46. The number of hydrogen-bond donors (Lipinski definition) is 1. The Morgan fingerprint density at radius 1 is 1.13 bits per heavy atom. The fourth-order valence-corrected chi connectivity index (χ4v) is 4.11. The van der Waals surface area contributed by atoms with Crippen LogP contribution in [0.4, 0.5) is 35.2 Å². The van der Waals surface area contributed by atoms with Gasteiger partial charge in [-0.25, -0.2) is 0 Å². The van der Waals surface area contributed by atoms with Gasteiger partial charge in [0.2, 0.25) is 0 Å². The van der Waals surface area contributed by atoms with Crippen LogP contribution in [0.15, 0.2) is 40.9 Å². The van der Waals surface area contributed by atoms with Crippen LogP contribution >= 0.6 is 27.5 Å². The van der Waals surface area contributed by atoms with Crippen LogP contribution in [-0.4, -0.2) is 14.2 Å². The summed E-state index contributed by atoms with van der Waals surface area (Å²) in [4.78, 5) is 20.1. The Hall–Kier alpha value is -3.06. The molecule has 0 aliphatic heterocycles. The van der Waals surface area contributed by atoms with Gasteiger partial charge < -0.3 is 5.32 Å². The molecule has 0 aliphatic rings. The Bertz CT molecular complexity index is 1170. The van der Waals surface area contributed by atoms with Gasteiger partial charge in [-0.1, -0.05) is 23.8 Å². The SMILES string of the molecule is Cc1cccc(-c2nsc(Nc3c([N+](=O)[O-])cc([N+](=O)[O-])cc3C(F)(F)F)c2Br)c1. The van der Waals surface area contributed by atoms with Crippen LogP contribution in [0.25, 0.3) is 11.3 Å². The third-order valence-electron chi connectivity index (χ3n) is 3.98. The number of aryl methyl sites for hydroxylation is 1. The van der Waals surface area contributed by atoms with Gasteiger partial charge in [-0.3, -0.25) is 20.2 Å². The van der Waals surface area contributed by atoms with Crippen LogP contribution < -0.4 is 5.32 Å². The minimum absolute atomic E-state index is 0.0777. The van der Waals surface area contributed by atoms with Crippen molar-refractivity contribution in [1.29, 1.82) is 0 Å². The van der Waals surface area contributed by atoms with Crippen LogP contribution in [0.3, 0.4) is 0 Å². The number of aromatic nitrogens is 1. The number of benzene rings is 2. The molecule has 2 aromatic carbocycles. The lowest BCUT2D eigenvalue weighted by Gasteiger charge is -2.14. The Morgan fingerprint density at radius 3 is 2.40 bits per heavy atom. The number of hydrogen-bond acceptors (Lipinski definition) is 7. The van der Waals surface area contributed by atoms with E-state index in [2.05, 4.69) is 25.6 Å². The van der Waals surface area contributed by atoms with Crippen molar-refractivity contribution in [3.63, 3.8) is 0 Å². The first-order valence-corrected chi connectivity index (χ1v) is 9.59. The van der Waals surface area contributed by atoms with Gasteiger partial charge in [-0.2, -0.15) is 17.5 Å². The first kappa shape index (κ1) is 21.6.